The van der Waals surface area contributed by atoms with Gasteiger partial charge in [-0.25, -0.2) is 0 Å². The van der Waals surface area contributed by atoms with Gasteiger partial charge >= 0.3 is 5.16 Å². The van der Waals surface area contributed by atoms with Crippen LogP contribution >= 0.6 is 0 Å². The average molecular weight is 373 g/mol. The molecule has 0 radical (unpaired) electrons. The Kier molecular flexibility index (Phi) is 5.29. The smallest absolute Gasteiger partial charge is 0.322 e. The molecule has 0 saturated heterocycles. The lowest BCUT2D eigenvalue weighted by atomic mass is 10.1. The molecule has 1 heterocycles. The van der Waals surface area contributed by atoms with Crippen molar-refractivity contribution in [2.24, 2.45) is 0 Å². The third kappa shape index (κ3) is 3.45. The van der Waals surface area contributed by atoms with Gasteiger partial charge in [-0.3, -0.25) is 4.98 Å². The first-order chi connectivity index (χ1) is 12.4. The highest BCUT2D eigenvalue weighted by molar-refractivity contribution is 7.90. The zero-order valence-electron chi connectivity index (χ0n) is 15.6. The molecule has 0 spiro atoms. The fraction of sp³-hybridized carbons (Fsp3) is 0.316. The summed E-state index contributed by atoms with van der Waals surface area (Å²) in [6, 6.07) is 9.76. The summed E-state index contributed by atoms with van der Waals surface area (Å²) in [6.45, 7) is 2.03. The van der Waals surface area contributed by atoms with Crippen LogP contribution in [0.15, 0.2) is 35.5 Å². The number of benzene rings is 2. The lowest BCUT2D eigenvalue weighted by Crippen LogP contribution is -2.14. The number of aromatic nitrogens is 2. The van der Waals surface area contributed by atoms with Gasteiger partial charge < -0.3 is 18.9 Å². The molecule has 0 aliphatic carbocycles. The van der Waals surface area contributed by atoms with E-state index in [-0.39, 0.29) is 0 Å². The number of hydrogen-bond acceptors (Lipinski definition) is 5. The van der Waals surface area contributed by atoms with Crippen LogP contribution < -0.4 is 14.4 Å². The molecule has 1 aromatic heterocycles. The van der Waals surface area contributed by atoms with Gasteiger partial charge in [0, 0.05) is 36.5 Å². The van der Waals surface area contributed by atoms with Gasteiger partial charge in [0.15, 0.2) is 0 Å². The molecule has 1 unspecified atom stereocenters. The minimum Gasteiger partial charge on any atom is -0.609 e. The fourth-order valence-electron chi connectivity index (χ4n) is 2.94. The van der Waals surface area contributed by atoms with Crippen molar-refractivity contribution in [2.45, 2.75) is 17.8 Å². The van der Waals surface area contributed by atoms with E-state index in [0.29, 0.717) is 33.4 Å². The maximum atomic E-state index is 13.0. The molecule has 7 heteroatoms. The minimum absolute atomic E-state index is 0.375. The second-order valence-corrected chi connectivity index (χ2v) is 7.62. The number of aryl methyl sites for hydroxylation is 1. The van der Waals surface area contributed by atoms with Crippen molar-refractivity contribution < 1.29 is 14.0 Å². The van der Waals surface area contributed by atoms with Crippen LogP contribution in [0.1, 0.15) is 11.1 Å². The predicted octanol–water partition coefficient (Wildman–Crippen LogP) is 3.26. The summed E-state index contributed by atoms with van der Waals surface area (Å²) in [5, 5.41) is 0.411. The third-order valence-electron chi connectivity index (χ3n) is 4.21. The number of rotatable bonds is 6. The molecule has 0 aliphatic rings. The predicted molar refractivity (Wildman–Crippen MR) is 105 cm³/mol. The standard InChI is InChI=1S/C19H23N3O3S/c1-12-6-7-14(22(2)3)13(10-12)11-26(23)19-20-17-15(24-4)8-9-16(25-5)18(17)21-19/h6-10H,11H2,1-5H3,(H,20,21). The Morgan fingerprint density at radius 2 is 1.81 bits per heavy atom. The van der Waals surface area contributed by atoms with Crippen LogP contribution in [-0.2, 0) is 16.9 Å². The van der Waals surface area contributed by atoms with Gasteiger partial charge in [-0.05, 0) is 31.2 Å². The van der Waals surface area contributed by atoms with E-state index in [2.05, 4.69) is 22.1 Å². The molecule has 0 amide bonds. The second-order valence-electron chi connectivity index (χ2n) is 6.25. The van der Waals surface area contributed by atoms with Crippen molar-refractivity contribution >= 4 is 27.9 Å². The summed E-state index contributed by atoms with van der Waals surface area (Å²) < 4.78 is 23.7. The number of fused-ring (bicyclic) bond motifs is 1. The number of anilines is 1. The third-order valence-corrected chi connectivity index (χ3v) is 5.40. The first kappa shape index (κ1) is 18.4. The highest BCUT2D eigenvalue weighted by Crippen LogP contribution is 2.33. The highest BCUT2D eigenvalue weighted by atomic mass is 32.2. The summed E-state index contributed by atoms with van der Waals surface area (Å²) in [6.07, 6.45) is 0. The van der Waals surface area contributed by atoms with Gasteiger partial charge in [-0.2, -0.15) is 4.98 Å². The zero-order valence-corrected chi connectivity index (χ0v) is 16.4. The van der Waals surface area contributed by atoms with Crippen molar-refractivity contribution in [2.75, 3.05) is 33.2 Å². The Labute approximate surface area is 156 Å². The van der Waals surface area contributed by atoms with Crippen LogP contribution in [0.3, 0.4) is 0 Å². The maximum absolute atomic E-state index is 13.0. The Bertz CT molecular complexity index is 883. The van der Waals surface area contributed by atoms with Crippen molar-refractivity contribution in [3.05, 3.63) is 41.5 Å². The van der Waals surface area contributed by atoms with Crippen LogP contribution in [0.4, 0.5) is 5.69 Å². The molecule has 0 fully saturated rings. The Morgan fingerprint density at radius 3 is 2.46 bits per heavy atom. The Morgan fingerprint density at radius 1 is 1.12 bits per heavy atom. The van der Waals surface area contributed by atoms with E-state index in [0.717, 1.165) is 16.8 Å². The van der Waals surface area contributed by atoms with E-state index < -0.39 is 11.2 Å². The summed E-state index contributed by atoms with van der Waals surface area (Å²) in [4.78, 5) is 9.68. The van der Waals surface area contributed by atoms with E-state index in [4.69, 9.17) is 9.47 Å². The molecule has 6 nitrogen and oxygen atoms in total. The molecule has 0 saturated carbocycles. The number of H-pyrrole nitrogens is 1. The molecule has 2 aromatic carbocycles. The van der Waals surface area contributed by atoms with E-state index in [1.54, 1.807) is 26.4 Å². The van der Waals surface area contributed by atoms with Crippen LogP contribution in [0, 0.1) is 6.92 Å². The largest absolute Gasteiger partial charge is 0.609 e. The van der Waals surface area contributed by atoms with Gasteiger partial charge in [0.2, 0.25) is 0 Å². The number of ether oxygens (including phenoxy) is 2. The number of imidazole rings is 1. The van der Waals surface area contributed by atoms with Crippen molar-refractivity contribution in [1.82, 2.24) is 9.97 Å². The van der Waals surface area contributed by atoms with E-state index in [1.165, 1.54) is 0 Å². The first-order valence-electron chi connectivity index (χ1n) is 8.20. The van der Waals surface area contributed by atoms with Crippen molar-refractivity contribution in [1.29, 1.82) is 0 Å². The van der Waals surface area contributed by atoms with Crippen LogP contribution in [0.2, 0.25) is 0 Å². The minimum atomic E-state index is -1.33. The normalized spacial score (nSPS) is 12.2. The van der Waals surface area contributed by atoms with Gasteiger partial charge in [-0.15, -0.1) is 0 Å². The molecular formula is C19H23N3O3S. The maximum Gasteiger partial charge on any atom is 0.322 e. The molecular weight excluding hydrogens is 350 g/mol. The molecule has 138 valence electrons. The molecule has 3 aromatic rings. The molecule has 0 aliphatic heterocycles. The summed E-state index contributed by atoms with van der Waals surface area (Å²) >= 11 is -1.33. The molecule has 1 N–H and O–H groups in total. The van der Waals surface area contributed by atoms with Crippen LogP contribution in [0.25, 0.3) is 11.0 Å². The van der Waals surface area contributed by atoms with Gasteiger partial charge in [0.1, 0.15) is 28.3 Å². The summed E-state index contributed by atoms with van der Waals surface area (Å²) in [5.74, 6) is 1.63. The number of aromatic amines is 1. The van der Waals surface area contributed by atoms with E-state index in [1.807, 2.05) is 32.0 Å². The Hall–Kier alpha value is -2.38. The number of nitrogens with zero attached hydrogens (tertiary/aromatic N) is 2. The lowest BCUT2D eigenvalue weighted by Gasteiger charge is -2.18. The van der Waals surface area contributed by atoms with Gasteiger partial charge in [0.05, 0.1) is 14.2 Å². The quantitative estimate of drug-likeness (QED) is 0.672. The first-order valence-corrected chi connectivity index (χ1v) is 9.52. The van der Waals surface area contributed by atoms with E-state index >= 15 is 0 Å². The molecule has 26 heavy (non-hydrogen) atoms. The second kappa shape index (κ2) is 7.47. The van der Waals surface area contributed by atoms with Gasteiger partial charge in [-0.1, -0.05) is 11.6 Å². The van der Waals surface area contributed by atoms with Crippen molar-refractivity contribution in [3.63, 3.8) is 0 Å². The molecule has 3 rings (SSSR count). The summed E-state index contributed by atoms with van der Waals surface area (Å²) in [7, 11) is 7.14. The fourth-order valence-corrected chi connectivity index (χ4v) is 4.00. The number of hydrogen-bond donors (Lipinski definition) is 1. The van der Waals surface area contributed by atoms with Crippen molar-refractivity contribution in [3.8, 4) is 11.5 Å². The highest BCUT2D eigenvalue weighted by Gasteiger charge is 2.22. The SMILES string of the molecule is COc1ccc(OC)c2[nH]c([S+]([O-])Cc3cc(C)ccc3N(C)C)nc12. The van der Waals surface area contributed by atoms with E-state index in [9.17, 15) is 4.55 Å². The monoisotopic (exact) mass is 373 g/mol. The Balaban J connectivity index is 1.98. The zero-order chi connectivity index (χ0) is 18.8. The topological polar surface area (TPSA) is 73.4 Å². The number of nitrogens with one attached hydrogen (secondary N) is 1. The average Bonchev–Trinajstić information content (AvgIpc) is 3.06. The van der Waals surface area contributed by atoms with Gasteiger partial charge in [0.25, 0.3) is 0 Å². The molecule has 0 bridgehead atoms. The number of methoxy groups -OCH3 is 2. The van der Waals surface area contributed by atoms with Crippen LogP contribution in [0.5, 0.6) is 11.5 Å². The lowest BCUT2D eigenvalue weighted by molar-refractivity contribution is 0.409. The van der Waals surface area contributed by atoms with Crippen LogP contribution in [-0.4, -0.2) is 42.8 Å². The summed E-state index contributed by atoms with van der Waals surface area (Å²) in [5.41, 5.74) is 4.51. The molecule has 1 atom stereocenters.